The van der Waals surface area contributed by atoms with E-state index in [0.29, 0.717) is 6.04 Å². The second-order valence-electron chi connectivity index (χ2n) is 7.69. The molecule has 4 nitrogen and oxygen atoms in total. The monoisotopic (exact) mass is 433 g/mol. The zero-order chi connectivity index (χ0) is 23.7. The lowest BCUT2D eigenvalue weighted by atomic mass is 9.99. The molecule has 1 atom stereocenters. The van der Waals surface area contributed by atoms with E-state index in [2.05, 4.69) is 52.9 Å². The van der Waals surface area contributed by atoms with Crippen molar-refractivity contribution in [2.24, 2.45) is 0 Å². The first-order valence-corrected chi connectivity index (χ1v) is 11.9. The molecule has 0 spiro atoms. The highest BCUT2D eigenvalue weighted by Crippen LogP contribution is 2.26. The molecule has 0 saturated carbocycles. The van der Waals surface area contributed by atoms with Crippen molar-refractivity contribution in [2.45, 2.75) is 53.6 Å². The standard InChI is InChI=1S/C24H27N3O.2C2H6/c1-16-11-12-19(27(3)20-14-25-15-20)13-23(16)24(28)26-17(2)21-10-6-8-18-7-4-5-9-22(18)21;2*1-2/h4-13,17,20,25H,14-15H2,1-3H3,(H,26,28);2*1-2H3. The number of carbonyl (C=O) groups excluding carboxylic acids is 1. The molecule has 1 amide bonds. The summed E-state index contributed by atoms with van der Waals surface area (Å²) in [6, 6.07) is 21.1. The molecule has 172 valence electrons. The Bertz CT molecular complexity index is 1010. The Hall–Kier alpha value is -2.85. The van der Waals surface area contributed by atoms with Crippen LogP contribution in [0.2, 0.25) is 0 Å². The molecule has 3 aromatic carbocycles. The van der Waals surface area contributed by atoms with Crippen molar-refractivity contribution < 1.29 is 4.79 Å². The van der Waals surface area contributed by atoms with Crippen LogP contribution in [0.1, 0.15) is 62.1 Å². The molecular weight excluding hydrogens is 394 g/mol. The minimum atomic E-state index is -0.0739. The van der Waals surface area contributed by atoms with E-state index in [9.17, 15) is 4.79 Å². The second kappa shape index (κ2) is 12.3. The van der Waals surface area contributed by atoms with Gasteiger partial charge in [-0.25, -0.2) is 0 Å². The van der Waals surface area contributed by atoms with E-state index >= 15 is 0 Å². The number of nitrogens with zero attached hydrogens (tertiary/aromatic N) is 1. The number of carbonyl (C=O) groups is 1. The molecular formula is C28H39N3O. The summed E-state index contributed by atoms with van der Waals surface area (Å²) in [5.74, 6) is -0.0279. The van der Waals surface area contributed by atoms with Gasteiger partial charge in [0.25, 0.3) is 5.91 Å². The van der Waals surface area contributed by atoms with Crippen molar-refractivity contribution in [1.29, 1.82) is 0 Å². The molecule has 1 unspecified atom stereocenters. The van der Waals surface area contributed by atoms with Crippen LogP contribution in [0.5, 0.6) is 0 Å². The van der Waals surface area contributed by atoms with Gasteiger partial charge in [-0.3, -0.25) is 4.79 Å². The number of aryl methyl sites for hydroxylation is 1. The van der Waals surface area contributed by atoms with Gasteiger partial charge in [-0.05, 0) is 47.9 Å². The van der Waals surface area contributed by atoms with Crippen molar-refractivity contribution in [2.75, 3.05) is 25.0 Å². The van der Waals surface area contributed by atoms with Crippen molar-refractivity contribution in [1.82, 2.24) is 10.6 Å². The number of anilines is 1. The lowest BCUT2D eigenvalue weighted by Crippen LogP contribution is -2.56. The van der Waals surface area contributed by atoms with Gasteiger partial charge in [-0.1, -0.05) is 76.2 Å². The Morgan fingerprint density at radius 3 is 2.31 bits per heavy atom. The number of nitrogens with one attached hydrogen (secondary N) is 2. The fraction of sp³-hybridized carbons (Fsp3) is 0.393. The van der Waals surface area contributed by atoms with Crippen LogP contribution in [0.3, 0.4) is 0 Å². The molecule has 4 rings (SSSR count). The van der Waals surface area contributed by atoms with Crippen molar-refractivity contribution in [3.63, 3.8) is 0 Å². The van der Waals surface area contributed by atoms with Crippen LogP contribution in [0, 0.1) is 6.92 Å². The van der Waals surface area contributed by atoms with E-state index in [-0.39, 0.29) is 11.9 Å². The van der Waals surface area contributed by atoms with Crippen molar-refractivity contribution in [3.8, 4) is 0 Å². The Balaban J connectivity index is 0.000000860. The Morgan fingerprint density at radius 2 is 1.66 bits per heavy atom. The van der Waals surface area contributed by atoms with Crippen LogP contribution < -0.4 is 15.5 Å². The molecule has 1 saturated heterocycles. The first-order valence-electron chi connectivity index (χ1n) is 11.9. The number of hydrogen-bond acceptors (Lipinski definition) is 3. The largest absolute Gasteiger partial charge is 0.369 e. The highest BCUT2D eigenvalue weighted by atomic mass is 16.1. The van der Waals surface area contributed by atoms with Crippen LogP contribution in [0.25, 0.3) is 10.8 Å². The summed E-state index contributed by atoms with van der Waals surface area (Å²) in [4.78, 5) is 15.3. The van der Waals surface area contributed by atoms with E-state index in [4.69, 9.17) is 0 Å². The molecule has 1 fully saturated rings. The number of amides is 1. The fourth-order valence-corrected chi connectivity index (χ4v) is 3.81. The van der Waals surface area contributed by atoms with Gasteiger partial charge in [0.05, 0.1) is 12.1 Å². The summed E-state index contributed by atoms with van der Waals surface area (Å²) in [7, 11) is 2.09. The molecule has 3 aromatic rings. The minimum Gasteiger partial charge on any atom is -0.369 e. The number of hydrogen-bond donors (Lipinski definition) is 2. The fourth-order valence-electron chi connectivity index (χ4n) is 3.81. The highest BCUT2D eigenvalue weighted by molar-refractivity contribution is 5.97. The predicted octanol–water partition coefficient (Wildman–Crippen LogP) is 6.10. The lowest BCUT2D eigenvalue weighted by molar-refractivity contribution is 0.0939. The molecule has 2 N–H and O–H groups in total. The summed E-state index contributed by atoms with van der Waals surface area (Å²) in [5, 5.41) is 8.87. The quantitative estimate of drug-likeness (QED) is 0.511. The molecule has 32 heavy (non-hydrogen) atoms. The number of benzene rings is 3. The third-order valence-corrected chi connectivity index (χ3v) is 5.82. The molecule has 0 bridgehead atoms. The van der Waals surface area contributed by atoms with Crippen LogP contribution in [-0.2, 0) is 0 Å². The van der Waals surface area contributed by atoms with Gasteiger partial charge >= 0.3 is 0 Å². The minimum absolute atomic E-state index is 0.0279. The molecule has 0 aromatic heterocycles. The molecule has 0 aliphatic carbocycles. The van der Waals surface area contributed by atoms with Gasteiger partial charge in [-0.2, -0.15) is 0 Å². The van der Waals surface area contributed by atoms with Gasteiger partial charge in [0, 0.05) is 31.4 Å². The van der Waals surface area contributed by atoms with Crippen LogP contribution in [-0.4, -0.2) is 32.1 Å². The number of rotatable bonds is 5. The maximum absolute atomic E-state index is 13.1. The van der Waals surface area contributed by atoms with E-state index in [0.717, 1.165) is 35.5 Å². The maximum atomic E-state index is 13.1. The van der Waals surface area contributed by atoms with Gasteiger partial charge in [0.2, 0.25) is 0 Å². The molecule has 1 heterocycles. The molecule has 0 radical (unpaired) electrons. The van der Waals surface area contributed by atoms with E-state index in [1.807, 2.05) is 71.9 Å². The molecule has 1 aliphatic rings. The van der Waals surface area contributed by atoms with Crippen LogP contribution >= 0.6 is 0 Å². The Kier molecular flexibility index (Phi) is 9.73. The SMILES string of the molecule is CC.CC.Cc1ccc(N(C)C2CNC2)cc1C(=O)NC(C)c1cccc2ccccc12. The van der Waals surface area contributed by atoms with Crippen molar-refractivity contribution >= 4 is 22.4 Å². The summed E-state index contributed by atoms with van der Waals surface area (Å²) in [5.41, 5.74) is 3.95. The Morgan fingerprint density at radius 1 is 1.00 bits per heavy atom. The van der Waals surface area contributed by atoms with E-state index in [1.54, 1.807) is 0 Å². The normalized spacial score (nSPS) is 13.6. The zero-order valence-electron chi connectivity index (χ0n) is 20.7. The van der Waals surface area contributed by atoms with Gasteiger partial charge < -0.3 is 15.5 Å². The topological polar surface area (TPSA) is 44.4 Å². The smallest absolute Gasteiger partial charge is 0.252 e. The highest BCUT2D eigenvalue weighted by Gasteiger charge is 2.23. The predicted molar refractivity (Wildman–Crippen MR) is 139 cm³/mol. The van der Waals surface area contributed by atoms with Gasteiger partial charge in [-0.15, -0.1) is 0 Å². The number of likely N-dealkylation sites (N-methyl/N-ethyl adjacent to an activating group) is 1. The van der Waals surface area contributed by atoms with Gasteiger partial charge in [0.1, 0.15) is 0 Å². The average Bonchev–Trinajstić information content (AvgIpc) is 2.80. The van der Waals surface area contributed by atoms with Crippen LogP contribution in [0.15, 0.2) is 60.7 Å². The summed E-state index contributed by atoms with van der Waals surface area (Å²) in [6.45, 7) is 14.0. The third-order valence-electron chi connectivity index (χ3n) is 5.82. The summed E-state index contributed by atoms with van der Waals surface area (Å²) in [6.07, 6.45) is 0. The van der Waals surface area contributed by atoms with E-state index in [1.165, 1.54) is 10.8 Å². The van der Waals surface area contributed by atoms with Crippen molar-refractivity contribution in [3.05, 3.63) is 77.4 Å². The van der Waals surface area contributed by atoms with Gasteiger partial charge in [0.15, 0.2) is 0 Å². The maximum Gasteiger partial charge on any atom is 0.252 e. The van der Waals surface area contributed by atoms with E-state index < -0.39 is 0 Å². The zero-order valence-corrected chi connectivity index (χ0v) is 20.7. The molecule has 1 aliphatic heterocycles. The molecule has 4 heteroatoms. The second-order valence-corrected chi connectivity index (χ2v) is 7.69. The summed E-state index contributed by atoms with van der Waals surface area (Å²) >= 11 is 0. The number of fused-ring (bicyclic) bond motifs is 1. The Labute approximate surface area is 194 Å². The van der Waals surface area contributed by atoms with Crippen LogP contribution in [0.4, 0.5) is 5.69 Å². The average molecular weight is 434 g/mol. The first kappa shape index (κ1) is 25.4. The third kappa shape index (κ3) is 5.68. The summed E-state index contributed by atoms with van der Waals surface area (Å²) < 4.78 is 0. The first-order chi connectivity index (χ1) is 15.5. The lowest BCUT2D eigenvalue weighted by Gasteiger charge is -2.37.